The molecule has 0 aromatic rings. The van der Waals surface area contributed by atoms with Crippen LogP contribution in [0, 0.1) is 0 Å². The van der Waals surface area contributed by atoms with Crippen LogP contribution in [0.2, 0.25) is 0 Å². The van der Waals surface area contributed by atoms with Crippen LogP contribution in [-0.2, 0) is 18.4 Å². The average Bonchev–Trinajstić information content (AvgIpc) is 3.23. The number of likely N-dealkylation sites (N-methyl/N-ethyl adjacent to an activating group) is 1. The number of phosphoric ester groups is 1. The largest absolute Gasteiger partial charge is 0.756 e. The van der Waals surface area contributed by atoms with Crippen LogP contribution in [0.4, 0.5) is 0 Å². The highest BCUT2D eigenvalue weighted by Gasteiger charge is 2.23. The Morgan fingerprint density at radius 3 is 1.44 bits per heavy atom. The van der Waals surface area contributed by atoms with Crippen molar-refractivity contribution in [2.24, 2.45) is 0 Å². The lowest BCUT2D eigenvalue weighted by Crippen LogP contribution is -2.45. The van der Waals surface area contributed by atoms with Crippen LogP contribution in [-0.4, -0.2) is 68.5 Å². The van der Waals surface area contributed by atoms with Crippen LogP contribution in [0.5, 0.6) is 0 Å². The third-order valence-corrected chi connectivity index (χ3v) is 11.3. The number of hydrogen-bond donors (Lipinski definition) is 2. The summed E-state index contributed by atoms with van der Waals surface area (Å²) in [6, 6.07) is -0.890. The van der Waals surface area contributed by atoms with E-state index in [1.54, 1.807) is 6.08 Å². The van der Waals surface area contributed by atoms with Crippen molar-refractivity contribution in [1.82, 2.24) is 5.32 Å². The molecule has 0 aliphatic rings. The fourth-order valence-corrected chi connectivity index (χ4v) is 7.15. The van der Waals surface area contributed by atoms with Crippen molar-refractivity contribution in [2.45, 2.75) is 193 Å². The number of carbonyl (C=O) groups excluding carboxylic acids is 1. The van der Waals surface area contributed by atoms with Crippen molar-refractivity contribution in [1.29, 1.82) is 0 Å². The molecular weight excluding hydrogens is 792 g/mol. The number of amides is 1. The smallest absolute Gasteiger partial charge is 0.268 e. The lowest BCUT2D eigenvalue weighted by atomic mass is 10.0. The molecule has 0 bridgehead atoms. The monoisotopic (exact) mass is 885 g/mol. The molecule has 0 aliphatic heterocycles. The molecular formula is C53H93N2O6P. The second-order valence-corrected chi connectivity index (χ2v) is 18.8. The van der Waals surface area contributed by atoms with Crippen LogP contribution < -0.4 is 10.2 Å². The lowest BCUT2D eigenvalue weighted by molar-refractivity contribution is -0.870. The number of hydrogen-bond acceptors (Lipinski definition) is 6. The maximum Gasteiger partial charge on any atom is 0.268 e. The molecule has 1 amide bonds. The van der Waals surface area contributed by atoms with Crippen molar-refractivity contribution < 1.29 is 32.9 Å². The standard InChI is InChI=1S/C53H93N2O6P/c1-6-8-10-12-14-15-16-17-18-19-20-21-22-23-24-25-26-27-28-29-30-31-32-33-34-35-36-37-38-39-41-43-45-47-53(57)54-51(52(56)46-44-42-40-13-11-9-7-2)50-61-62(58,59)60-49-48-55(3,4)5/h8,10,14-15,17-18,20-21,23-24,26-27,29-30,44,46,51-52,56H,6-7,9,11-13,16,19,22,25,28,31-43,45,47-50H2,1-5H3,(H-,54,57,58,59)/b10-8-,15-14-,18-17-,21-20-,24-23-,27-26-,30-29-,46-44+. The van der Waals surface area contributed by atoms with E-state index in [0.29, 0.717) is 17.4 Å². The van der Waals surface area contributed by atoms with Crippen molar-refractivity contribution >= 4 is 13.7 Å². The van der Waals surface area contributed by atoms with Gasteiger partial charge in [0.15, 0.2) is 0 Å². The Labute approximate surface area is 381 Å². The van der Waals surface area contributed by atoms with E-state index in [2.05, 4.69) is 104 Å². The van der Waals surface area contributed by atoms with Gasteiger partial charge in [0.05, 0.1) is 39.9 Å². The average molecular weight is 885 g/mol. The highest BCUT2D eigenvalue weighted by Crippen LogP contribution is 2.38. The minimum atomic E-state index is -4.58. The number of quaternary nitrogens is 1. The molecule has 0 spiro atoms. The normalized spacial score (nSPS) is 15.0. The summed E-state index contributed by atoms with van der Waals surface area (Å²) >= 11 is 0. The van der Waals surface area contributed by atoms with Gasteiger partial charge in [-0.05, 0) is 77.0 Å². The summed E-state index contributed by atoms with van der Waals surface area (Å²) in [4.78, 5) is 25.2. The first-order valence-corrected chi connectivity index (χ1v) is 26.1. The first-order chi connectivity index (χ1) is 30.0. The molecule has 0 rings (SSSR count). The van der Waals surface area contributed by atoms with Crippen LogP contribution in [0.25, 0.3) is 0 Å². The van der Waals surface area contributed by atoms with Crippen LogP contribution in [0.15, 0.2) is 97.2 Å². The second kappa shape index (κ2) is 43.7. The zero-order valence-electron chi connectivity index (χ0n) is 40.3. The molecule has 2 N–H and O–H groups in total. The Morgan fingerprint density at radius 2 is 0.984 bits per heavy atom. The molecule has 0 saturated heterocycles. The Hall–Kier alpha value is -2.58. The van der Waals surface area contributed by atoms with Gasteiger partial charge < -0.3 is 28.8 Å². The maximum absolute atomic E-state index is 12.8. The fraction of sp³-hybridized carbons (Fsp3) is 0.679. The summed E-state index contributed by atoms with van der Waals surface area (Å²) in [5.74, 6) is -0.210. The van der Waals surface area contributed by atoms with Crippen LogP contribution >= 0.6 is 7.82 Å². The highest BCUT2D eigenvalue weighted by molar-refractivity contribution is 7.45. The predicted molar refractivity (Wildman–Crippen MR) is 265 cm³/mol. The summed E-state index contributed by atoms with van der Waals surface area (Å²) in [7, 11) is 1.24. The first kappa shape index (κ1) is 59.4. The highest BCUT2D eigenvalue weighted by atomic mass is 31.2. The molecule has 3 atom stereocenters. The van der Waals surface area contributed by atoms with E-state index in [1.807, 2.05) is 27.2 Å². The van der Waals surface area contributed by atoms with Gasteiger partial charge in [-0.2, -0.15) is 0 Å². The van der Waals surface area contributed by atoms with Gasteiger partial charge in [0.1, 0.15) is 13.2 Å². The van der Waals surface area contributed by atoms with E-state index < -0.39 is 20.0 Å². The summed E-state index contributed by atoms with van der Waals surface area (Å²) < 4.78 is 23.1. The zero-order valence-corrected chi connectivity index (χ0v) is 41.2. The summed E-state index contributed by atoms with van der Waals surface area (Å²) in [6.45, 7) is 4.44. The number of nitrogens with one attached hydrogen (secondary N) is 1. The van der Waals surface area contributed by atoms with Gasteiger partial charge >= 0.3 is 0 Å². The fourth-order valence-electron chi connectivity index (χ4n) is 6.42. The first-order valence-electron chi connectivity index (χ1n) is 24.6. The summed E-state index contributed by atoms with van der Waals surface area (Å²) in [6.07, 6.45) is 62.1. The van der Waals surface area contributed by atoms with Gasteiger partial charge in [0.25, 0.3) is 7.82 Å². The molecule has 356 valence electrons. The Bertz CT molecular complexity index is 1330. The molecule has 3 unspecified atom stereocenters. The number of unbranched alkanes of at least 4 members (excludes halogenated alkanes) is 16. The zero-order chi connectivity index (χ0) is 45.7. The number of nitrogens with zero attached hydrogens (tertiary/aromatic N) is 1. The van der Waals surface area contributed by atoms with Crippen molar-refractivity contribution in [3.05, 3.63) is 97.2 Å². The van der Waals surface area contributed by atoms with Crippen molar-refractivity contribution in [3.8, 4) is 0 Å². The molecule has 0 aromatic carbocycles. The van der Waals surface area contributed by atoms with Gasteiger partial charge in [0.2, 0.25) is 5.91 Å². The molecule has 0 heterocycles. The number of aliphatic hydroxyl groups excluding tert-OH is 1. The predicted octanol–water partition coefficient (Wildman–Crippen LogP) is 13.7. The minimum absolute atomic E-state index is 0.00641. The van der Waals surface area contributed by atoms with Crippen LogP contribution in [0.1, 0.15) is 181 Å². The number of aliphatic hydroxyl groups is 1. The Morgan fingerprint density at radius 1 is 0.581 bits per heavy atom. The molecule has 0 aliphatic carbocycles. The van der Waals surface area contributed by atoms with Gasteiger partial charge in [-0.15, -0.1) is 0 Å². The van der Waals surface area contributed by atoms with Crippen molar-refractivity contribution in [2.75, 3.05) is 40.9 Å². The number of phosphoric acid groups is 1. The second-order valence-electron chi connectivity index (χ2n) is 17.4. The molecule has 9 heteroatoms. The molecule has 0 radical (unpaired) electrons. The Balaban J connectivity index is 4.03. The minimum Gasteiger partial charge on any atom is -0.756 e. The van der Waals surface area contributed by atoms with E-state index in [-0.39, 0.29) is 19.1 Å². The SMILES string of the molecule is CC/C=C\C/C=C\C/C=C\C/C=C\C/C=C\C/C=C\C/C=C\CCCCCCCCCCCCCC(=O)NC(COP(=O)([O-])OCC[N+](C)(C)C)C(O)/C=C/CCCCCCC. The maximum atomic E-state index is 12.8. The number of rotatable bonds is 43. The molecule has 0 saturated carbocycles. The van der Waals surface area contributed by atoms with Crippen LogP contribution in [0.3, 0.4) is 0 Å². The van der Waals surface area contributed by atoms with Gasteiger partial charge in [-0.3, -0.25) is 9.36 Å². The quantitative estimate of drug-likeness (QED) is 0.0273. The van der Waals surface area contributed by atoms with E-state index in [4.69, 9.17) is 9.05 Å². The molecule has 8 nitrogen and oxygen atoms in total. The van der Waals surface area contributed by atoms with E-state index in [9.17, 15) is 19.4 Å². The van der Waals surface area contributed by atoms with E-state index in [0.717, 1.165) is 83.5 Å². The summed E-state index contributed by atoms with van der Waals surface area (Å²) in [5.41, 5.74) is 0. The van der Waals surface area contributed by atoms with E-state index >= 15 is 0 Å². The van der Waals surface area contributed by atoms with Gasteiger partial charge in [-0.25, -0.2) is 0 Å². The third kappa shape index (κ3) is 45.4. The Kier molecular flexibility index (Phi) is 41.8. The van der Waals surface area contributed by atoms with Gasteiger partial charge in [0, 0.05) is 6.42 Å². The van der Waals surface area contributed by atoms with E-state index in [1.165, 1.54) is 77.0 Å². The summed E-state index contributed by atoms with van der Waals surface area (Å²) in [5, 5.41) is 13.7. The third-order valence-electron chi connectivity index (χ3n) is 10.3. The van der Waals surface area contributed by atoms with Gasteiger partial charge in [-0.1, -0.05) is 195 Å². The molecule has 62 heavy (non-hydrogen) atoms. The number of carbonyl (C=O) groups is 1. The molecule has 0 aromatic heterocycles. The topological polar surface area (TPSA) is 108 Å². The molecule has 0 fully saturated rings. The van der Waals surface area contributed by atoms with Crippen molar-refractivity contribution in [3.63, 3.8) is 0 Å². The number of allylic oxidation sites excluding steroid dienone is 15. The lowest BCUT2D eigenvalue weighted by Gasteiger charge is -2.29.